The summed E-state index contributed by atoms with van der Waals surface area (Å²) in [4.78, 5) is 32.4. The molecule has 0 bridgehead atoms. The molecule has 5 rings (SSSR count). The van der Waals surface area contributed by atoms with Crippen molar-refractivity contribution in [3.05, 3.63) is 57.1 Å². The number of hydrogen-bond acceptors (Lipinski definition) is 6. The topological polar surface area (TPSA) is 88.3 Å². The Bertz CT molecular complexity index is 1090. The predicted octanol–water partition coefficient (Wildman–Crippen LogP) is 3.74. The Labute approximate surface area is 169 Å². The van der Waals surface area contributed by atoms with Gasteiger partial charge in [-0.15, -0.1) is 11.3 Å². The molecule has 0 radical (unpaired) electrons. The minimum absolute atomic E-state index is 0.0700. The lowest BCUT2D eigenvalue weighted by Crippen LogP contribution is -2.46. The summed E-state index contributed by atoms with van der Waals surface area (Å²) < 4.78 is 5.27. The number of aromatic nitrogens is 2. The first-order valence-corrected chi connectivity index (χ1v) is 10.1. The molecule has 7 nitrogen and oxygen atoms in total. The predicted molar refractivity (Wildman–Crippen MR) is 103 cm³/mol. The van der Waals surface area contributed by atoms with Crippen molar-refractivity contribution in [3.8, 4) is 11.4 Å². The molecule has 1 unspecified atom stereocenters. The maximum atomic E-state index is 13.2. The molecule has 3 aromatic rings. The van der Waals surface area contributed by atoms with Gasteiger partial charge in [0.1, 0.15) is 12.1 Å². The Hall–Kier alpha value is -2.71. The van der Waals surface area contributed by atoms with Crippen molar-refractivity contribution in [1.82, 2.24) is 20.4 Å². The van der Waals surface area contributed by atoms with Crippen LogP contribution in [0.1, 0.15) is 29.2 Å². The van der Waals surface area contributed by atoms with Crippen LogP contribution in [0.15, 0.2) is 40.2 Å². The van der Waals surface area contributed by atoms with Crippen molar-refractivity contribution in [1.29, 1.82) is 0 Å². The van der Waals surface area contributed by atoms with Gasteiger partial charge >= 0.3 is 6.03 Å². The van der Waals surface area contributed by atoms with Crippen LogP contribution in [0.4, 0.5) is 4.79 Å². The molecule has 1 aliphatic carbocycles. The number of thiophene rings is 1. The number of nitrogens with one attached hydrogen (secondary N) is 1. The number of hydrogen-bond donors (Lipinski definition) is 1. The molecule has 1 aromatic carbocycles. The van der Waals surface area contributed by atoms with Crippen molar-refractivity contribution < 1.29 is 14.1 Å². The van der Waals surface area contributed by atoms with E-state index >= 15 is 0 Å². The maximum absolute atomic E-state index is 13.2. The zero-order valence-corrected chi connectivity index (χ0v) is 16.2. The van der Waals surface area contributed by atoms with Crippen molar-refractivity contribution in [3.63, 3.8) is 0 Å². The van der Waals surface area contributed by atoms with Crippen LogP contribution in [0.3, 0.4) is 0 Å². The number of carbonyl (C=O) groups is 2. The van der Waals surface area contributed by atoms with E-state index in [1.165, 1.54) is 0 Å². The normalized spacial score (nSPS) is 21.2. The summed E-state index contributed by atoms with van der Waals surface area (Å²) in [6.07, 6.45) is 2.38. The van der Waals surface area contributed by atoms with Crippen LogP contribution in [0.2, 0.25) is 5.02 Å². The molecular formula is C19H15ClN4O3S. The molecule has 1 atom stereocenters. The van der Waals surface area contributed by atoms with Crippen LogP contribution in [-0.4, -0.2) is 27.0 Å². The summed E-state index contributed by atoms with van der Waals surface area (Å²) in [7, 11) is 0. The quantitative estimate of drug-likeness (QED) is 0.659. The molecule has 1 saturated heterocycles. The molecule has 1 aliphatic heterocycles. The second-order valence-corrected chi connectivity index (χ2v) is 8.30. The number of aryl methyl sites for hydroxylation is 1. The number of carbonyl (C=O) groups excluding carboxylic acids is 2. The molecule has 9 heteroatoms. The van der Waals surface area contributed by atoms with Crippen molar-refractivity contribution in [2.24, 2.45) is 0 Å². The largest absolute Gasteiger partial charge is 0.337 e. The van der Waals surface area contributed by atoms with Gasteiger partial charge in [-0.2, -0.15) is 4.98 Å². The lowest BCUT2D eigenvalue weighted by atomic mass is 9.80. The van der Waals surface area contributed by atoms with Crippen LogP contribution in [0.5, 0.6) is 0 Å². The fourth-order valence-electron chi connectivity index (χ4n) is 3.88. The van der Waals surface area contributed by atoms with E-state index in [1.807, 2.05) is 17.5 Å². The lowest BCUT2D eigenvalue weighted by Gasteiger charge is -2.31. The van der Waals surface area contributed by atoms with E-state index in [0.29, 0.717) is 22.8 Å². The van der Waals surface area contributed by atoms with Gasteiger partial charge < -0.3 is 9.84 Å². The summed E-state index contributed by atoms with van der Waals surface area (Å²) in [5, 5.41) is 9.38. The number of nitrogens with zero attached hydrogens (tertiary/aromatic N) is 3. The zero-order valence-electron chi connectivity index (χ0n) is 14.6. The molecular weight excluding hydrogens is 400 g/mol. The van der Waals surface area contributed by atoms with Gasteiger partial charge in [0.25, 0.3) is 5.91 Å². The standard InChI is InChI=1S/C19H15ClN4O3S/c20-12-4-1-3-11(9-12)16-21-15(27-23-16)10-24-17(25)19(22-18(24)26)7-2-5-14-13(19)6-8-28-14/h1,3-4,6,8-9H,2,5,7,10H2,(H,22,26). The maximum Gasteiger partial charge on any atom is 0.325 e. The van der Waals surface area contributed by atoms with Crippen LogP contribution >= 0.6 is 22.9 Å². The van der Waals surface area contributed by atoms with Gasteiger partial charge in [-0.05, 0) is 42.8 Å². The Balaban J connectivity index is 1.42. The monoisotopic (exact) mass is 414 g/mol. The Kier molecular flexibility index (Phi) is 3.99. The van der Waals surface area contributed by atoms with Crippen LogP contribution in [-0.2, 0) is 23.3 Å². The van der Waals surface area contributed by atoms with Gasteiger partial charge in [-0.25, -0.2) is 4.79 Å². The third-order valence-corrected chi connectivity index (χ3v) is 6.40. The molecule has 0 saturated carbocycles. The van der Waals surface area contributed by atoms with Crippen molar-refractivity contribution >= 4 is 34.9 Å². The van der Waals surface area contributed by atoms with Gasteiger partial charge in [0.2, 0.25) is 11.7 Å². The number of fused-ring (bicyclic) bond motifs is 2. The highest BCUT2D eigenvalue weighted by Crippen LogP contribution is 2.42. The molecule has 1 spiro atoms. The summed E-state index contributed by atoms with van der Waals surface area (Å²) in [6.45, 7) is -0.0700. The number of rotatable bonds is 3. The van der Waals surface area contributed by atoms with Crippen LogP contribution in [0, 0.1) is 0 Å². The van der Waals surface area contributed by atoms with E-state index in [2.05, 4.69) is 15.5 Å². The van der Waals surface area contributed by atoms with E-state index in [-0.39, 0.29) is 18.3 Å². The molecule has 1 fully saturated rings. The minimum Gasteiger partial charge on any atom is -0.337 e. The van der Waals surface area contributed by atoms with E-state index < -0.39 is 11.6 Å². The number of urea groups is 1. The van der Waals surface area contributed by atoms with Gasteiger partial charge in [-0.3, -0.25) is 9.69 Å². The van der Waals surface area contributed by atoms with Crippen molar-refractivity contribution in [2.75, 3.05) is 0 Å². The molecule has 3 amide bonds. The molecule has 1 N–H and O–H groups in total. The van der Waals surface area contributed by atoms with E-state index in [1.54, 1.807) is 29.5 Å². The first-order valence-electron chi connectivity index (χ1n) is 8.86. The fraction of sp³-hybridized carbons (Fsp3) is 0.263. The zero-order chi connectivity index (χ0) is 19.3. The second-order valence-electron chi connectivity index (χ2n) is 6.86. The third-order valence-electron chi connectivity index (χ3n) is 5.18. The van der Waals surface area contributed by atoms with Crippen molar-refractivity contribution in [2.45, 2.75) is 31.3 Å². The first-order chi connectivity index (χ1) is 13.6. The highest BCUT2D eigenvalue weighted by atomic mass is 35.5. The second kappa shape index (κ2) is 6.42. The average molecular weight is 415 g/mol. The van der Waals surface area contributed by atoms with Gasteiger partial charge in [0.05, 0.1) is 0 Å². The van der Waals surface area contributed by atoms with Gasteiger partial charge in [-0.1, -0.05) is 28.9 Å². The Morgan fingerprint density at radius 1 is 1.32 bits per heavy atom. The Morgan fingerprint density at radius 3 is 3.07 bits per heavy atom. The summed E-state index contributed by atoms with van der Waals surface area (Å²) in [5.74, 6) is 0.285. The highest BCUT2D eigenvalue weighted by molar-refractivity contribution is 7.10. The number of benzene rings is 1. The SMILES string of the molecule is O=C1NC2(CCCc3sccc32)C(=O)N1Cc1nc(-c2cccc(Cl)c2)no1. The first kappa shape index (κ1) is 17.4. The minimum atomic E-state index is -0.972. The molecule has 2 aromatic heterocycles. The van der Waals surface area contributed by atoms with Crippen LogP contribution < -0.4 is 5.32 Å². The lowest BCUT2D eigenvalue weighted by molar-refractivity contribution is -0.132. The van der Waals surface area contributed by atoms with Gasteiger partial charge in [0, 0.05) is 21.0 Å². The average Bonchev–Trinajstić information content (AvgIpc) is 3.39. The van der Waals surface area contributed by atoms with E-state index in [0.717, 1.165) is 28.2 Å². The van der Waals surface area contributed by atoms with E-state index in [9.17, 15) is 9.59 Å². The number of halogens is 1. The molecule has 142 valence electrons. The molecule has 2 aliphatic rings. The third kappa shape index (κ3) is 2.63. The smallest absolute Gasteiger partial charge is 0.325 e. The number of imide groups is 1. The molecule has 28 heavy (non-hydrogen) atoms. The summed E-state index contributed by atoms with van der Waals surface area (Å²) >= 11 is 7.62. The molecule has 3 heterocycles. The van der Waals surface area contributed by atoms with Gasteiger partial charge in [0.15, 0.2) is 0 Å². The summed E-state index contributed by atoms with van der Waals surface area (Å²) in [6, 6.07) is 8.57. The van der Waals surface area contributed by atoms with Crippen LogP contribution in [0.25, 0.3) is 11.4 Å². The Morgan fingerprint density at radius 2 is 2.21 bits per heavy atom. The highest BCUT2D eigenvalue weighted by Gasteiger charge is 2.54. The number of amides is 3. The van der Waals surface area contributed by atoms with E-state index in [4.69, 9.17) is 16.1 Å². The fourth-order valence-corrected chi connectivity index (χ4v) is 5.07. The summed E-state index contributed by atoms with van der Waals surface area (Å²) in [5.41, 5.74) is 0.640.